The topological polar surface area (TPSA) is 54.4 Å². The van der Waals surface area contributed by atoms with Gasteiger partial charge in [0.25, 0.3) is 0 Å². The predicted octanol–water partition coefficient (Wildman–Crippen LogP) is 7.88. The third-order valence-corrected chi connectivity index (χ3v) is 8.69. The standard InChI is InChI=1S/C29H34BrClN2O2.CH4/c1-35-28-25(17-21-16-22(30)9-12-26(21)33-28)27(20-7-10-23(31)11-8-20)29(34)13-14-32-24(18-29)15-19-5-3-2-4-6-19;/h7-12,16-17,19,24,27,32,34H,2-6,13-15,18H2,1H3;1H4. The van der Waals surface area contributed by atoms with Crippen molar-refractivity contribution in [1.29, 1.82) is 0 Å². The molecule has 1 aliphatic heterocycles. The number of ether oxygens (including phenoxy) is 1. The lowest BCUT2D eigenvalue weighted by Crippen LogP contribution is -2.52. The highest BCUT2D eigenvalue weighted by Crippen LogP contribution is 2.46. The number of pyridine rings is 1. The van der Waals surface area contributed by atoms with Crippen molar-refractivity contribution in [3.63, 3.8) is 0 Å². The van der Waals surface area contributed by atoms with E-state index in [1.807, 2.05) is 36.4 Å². The molecular weight excluding hydrogens is 536 g/mol. The smallest absolute Gasteiger partial charge is 0.217 e. The van der Waals surface area contributed by atoms with Gasteiger partial charge in [-0.15, -0.1) is 0 Å². The summed E-state index contributed by atoms with van der Waals surface area (Å²) in [7, 11) is 1.66. The normalized spacial score (nSPS) is 23.7. The van der Waals surface area contributed by atoms with Gasteiger partial charge in [0.05, 0.1) is 18.2 Å². The average molecular weight is 574 g/mol. The van der Waals surface area contributed by atoms with E-state index in [0.29, 0.717) is 29.8 Å². The molecule has 0 bridgehead atoms. The molecule has 3 unspecified atom stereocenters. The molecule has 1 aliphatic carbocycles. The molecule has 5 rings (SSSR count). The number of benzene rings is 2. The second-order valence-corrected chi connectivity index (χ2v) is 11.7. The number of halogens is 2. The first-order valence-corrected chi connectivity index (χ1v) is 14.0. The number of aromatic nitrogens is 1. The highest BCUT2D eigenvalue weighted by Gasteiger charge is 2.44. The van der Waals surface area contributed by atoms with Crippen molar-refractivity contribution in [3.8, 4) is 5.88 Å². The maximum atomic E-state index is 12.4. The molecule has 6 heteroatoms. The fourth-order valence-corrected chi connectivity index (χ4v) is 6.80. The first-order chi connectivity index (χ1) is 16.9. The summed E-state index contributed by atoms with van der Waals surface area (Å²) in [5.74, 6) is 1.05. The fraction of sp³-hybridized carbons (Fsp3) is 0.500. The summed E-state index contributed by atoms with van der Waals surface area (Å²) in [5, 5.41) is 17.8. The zero-order valence-electron chi connectivity index (χ0n) is 20.3. The largest absolute Gasteiger partial charge is 0.481 e. The van der Waals surface area contributed by atoms with Crippen molar-refractivity contribution >= 4 is 38.4 Å². The first kappa shape index (κ1) is 27.4. The lowest BCUT2D eigenvalue weighted by molar-refractivity contribution is -0.0226. The quantitative estimate of drug-likeness (QED) is 0.315. The zero-order chi connectivity index (χ0) is 24.4. The number of hydrogen-bond acceptors (Lipinski definition) is 4. The average Bonchev–Trinajstić information content (AvgIpc) is 2.85. The summed E-state index contributed by atoms with van der Waals surface area (Å²) in [6, 6.07) is 16.4. The van der Waals surface area contributed by atoms with Gasteiger partial charge in [0.1, 0.15) is 0 Å². The Morgan fingerprint density at radius 3 is 2.61 bits per heavy atom. The Hall–Kier alpha value is -1.66. The van der Waals surface area contributed by atoms with Gasteiger partial charge in [0, 0.05) is 32.4 Å². The van der Waals surface area contributed by atoms with Crippen LogP contribution in [0.5, 0.6) is 5.88 Å². The monoisotopic (exact) mass is 572 g/mol. The van der Waals surface area contributed by atoms with E-state index in [4.69, 9.17) is 21.3 Å². The summed E-state index contributed by atoms with van der Waals surface area (Å²) in [4.78, 5) is 4.84. The van der Waals surface area contributed by atoms with Crippen LogP contribution in [0.1, 0.15) is 75.8 Å². The van der Waals surface area contributed by atoms with Crippen LogP contribution in [-0.2, 0) is 0 Å². The van der Waals surface area contributed by atoms with Crippen LogP contribution in [0.25, 0.3) is 10.9 Å². The lowest BCUT2D eigenvalue weighted by Gasteiger charge is -2.44. The fourth-order valence-electron chi connectivity index (χ4n) is 6.30. The number of piperidine rings is 1. The molecule has 0 spiro atoms. The number of rotatable bonds is 6. The van der Waals surface area contributed by atoms with Crippen molar-refractivity contribution in [2.75, 3.05) is 13.7 Å². The molecule has 2 heterocycles. The van der Waals surface area contributed by atoms with E-state index < -0.39 is 5.60 Å². The van der Waals surface area contributed by atoms with Crippen LogP contribution in [0.4, 0.5) is 0 Å². The molecule has 1 saturated heterocycles. The number of nitrogens with one attached hydrogen (secondary N) is 1. The molecule has 2 fully saturated rings. The van der Waals surface area contributed by atoms with Crippen LogP contribution < -0.4 is 10.1 Å². The Morgan fingerprint density at radius 2 is 1.89 bits per heavy atom. The second kappa shape index (κ2) is 11.8. The Bertz CT molecular complexity index is 1170. The van der Waals surface area contributed by atoms with E-state index in [9.17, 15) is 5.11 Å². The van der Waals surface area contributed by atoms with Crippen LogP contribution in [0, 0.1) is 5.92 Å². The second-order valence-electron chi connectivity index (χ2n) is 10.4. The minimum Gasteiger partial charge on any atom is -0.481 e. The van der Waals surface area contributed by atoms with Crippen LogP contribution in [0.3, 0.4) is 0 Å². The molecule has 1 aromatic heterocycles. The molecule has 1 saturated carbocycles. The van der Waals surface area contributed by atoms with Gasteiger partial charge >= 0.3 is 0 Å². The van der Waals surface area contributed by atoms with Crippen LogP contribution in [0.15, 0.2) is 53.0 Å². The van der Waals surface area contributed by atoms with Gasteiger partial charge in [-0.05, 0) is 73.7 Å². The van der Waals surface area contributed by atoms with E-state index in [-0.39, 0.29) is 13.3 Å². The SMILES string of the molecule is C.COc1nc2ccc(Br)cc2cc1C(c1ccc(Cl)cc1)C1(O)CCNC(CC2CCCCC2)C1. The summed E-state index contributed by atoms with van der Waals surface area (Å²) < 4.78 is 6.82. The Labute approximate surface area is 228 Å². The molecule has 2 aromatic carbocycles. The Kier molecular flexibility index (Phi) is 8.98. The highest BCUT2D eigenvalue weighted by atomic mass is 79.9. The van der Waals surface area contributed by atoms with E-state index >= 15 is 0 Å². The minimum atomic E-state index is -0.924. The highest BCUT2D eigenvalue weighted by molar-refractivity contribution is 9.10. The van der Waals surface area contributed by atoms with E-state index in [1.54, 1.807) is 7.11 Å². The molecule has 194 valence electrons. The van der Waals surface area contributed by atoms with Crippen molar-refractivity contribution in [1.82, 2.24) is 10.3 Å². The van der Waals surface area contributed by atoms with E-state index in [2.05, 4.69) is 33.4 Å². The molecule has 2 N–H and O–H groups in total. The minimum absolute atomic E-state index is 0. The van der Waals surface area contributed by atoms with Crippen LogP contribution in [-0.4, -0.2) is 35.4 Å². The molecule has 0 amide bonds. The summed E-state index contributed by atoms with van der Waals surface area (Å²) in [6.07, 6.45) is 9.17. The third kappa shape index (κ3) is 5.91. The van der Waals surface area contributed by atoms with Gasteiger partial charge in [0.2, 0.25) is 5.88 Å². The molecular formula is C30H38BrClN2O2. The third-order valence-electron chi connectivity index (χ3n) is 7.95. The molecule has 4 nitrogen and oxygen atoms in total. The van der Waals surface area contributed by atoms with Gasteiger partial charge in [-0.25, -0.2) is 4.98 Å². The Morgan fingerprint density at radius 1 is 1.14 bits per heavy atom. The molecule has 3 atom stereocenters. The first-order valence-electron chi connectivity index (χ1n) is 12.8. The van der Waals surface area contributed by atoms with Gasteiger partial charge in [-0.2, -0.15) is 0 Å². The number of fused-ring (bicyclic) bond motifs is 1. The van der Waals surface area contributed by atoms with Gasteiger partial charge in [0.15, 0.2) is 0 Å². The van der Waals surface area contributed by atoms with Gasteiger partial charge in [-0.3, -0.25) is 0 Å². The maximum Gasteiger partial charge on any atom is 0.217 e. The summed E-state index contributed by atoms with van der Waals surface area (Å²) >= 11 is 9.85. The maximum absolute atomic E-state index is 12.4. The van der Waals surface area contributed by atoms with E-state index in [1.165, 1.54) is 32.1 Å². The van der Waals surface area contributed by atoms with Gasteiger partial charge < -0.3 is 15.2 Å². The molecule has 36 heavy (non-hydrogen) atoms. The van der Waals surface area contributed by atoms with Crippen LogP contribution in [0.2, 0.25) is 5.02 Å². The Balaban J connectivity index is 0.00000304. The predicted molar refractivity (Wildman–Crippen MR) is 153 cm³/mol. The molecule has 3 aromatic rings. The van der Waals surface area contributed by atoms with Gasteiger partial charge in [-0.1, -0.05) is 79.2 Å². The van der Waals surface area contributed by atoms with Crippen molar-refractivity contribution < 1.29 is 9.84 Å². The zero-order valence-corrected chi connectivity index (χ0v) is 22.6. The molecule has 0 radical (unpaired) electrons. The summed E-state index contributed by atoms with van der Waals surface area (Å²) in [6.45, 7) is 0.798. The number of hydrogen-bond donors (Lipinski definition) is 2. The lowest BCUT2D eigenvalue weighted by atomic mass is 9.69. The van der Waals surface area contributed by atoms with Crippen molar-refractivity contribution in [2.45, 2.75) is 76.4 Å². The summed E-state index contributed by atoms with van der Waals surface area (Å²) in [5.41, 5.74) is 1.90. The number of nitrogens with zero attached hydrogens (tertiary/aromatic N) is 1. The van der Waals surface area contributed by atoms with Crippen LogP contribution >= 0.6 is 27.5 Å². The van der Waals surface area contributed by atoms with Crippen molar-refractivity contribution in [3.05, 3.63) is 69.2 Å². The van der Waals surface area contributed by atoms with E-state index in [0.717, 1.165) is 45.4 Å². The number of aliphatic hydroxyl groups is 1. The molecule has 2 aliphatic rings. The van der Waals surface area contributed by atoms with Crippen molar-refractivity contribution in [2.24, 2.45) is 5.92 Å². The number of methoxy groups -OCH3 is 1.